The van der Waals surface area contributed by atoms with Crippen LogP contribution in [0.25, 0.3) is 0 Å². The number of ether oxygens (including phenoxy) is 1. The minimum absolute atomic E-state index is 0.0414. The van der Waals surface area contributed by atoms with Gasteiger partial charge in [0.1, 0.15) is 11.8 Å². The number of carbonyl (C=O) groups excluding carboxylic acids is 1. The molecule has 28 heavy (non-hydrogen) atoms. The lowest BCUT2D eigenvalue weighted by molar-refractivity contribution is -0.191. The van der Waals surface area contributed by atoms with Crippen LogP contribution in [0.4, 0.5) is 13.2 Å². The molecule has 1 heterocycles. The number of hydrogen-bond acceptors (Lipinski definition) is 3. The van der Waals surface area contributed by atoms with E-state index in [0.29, 0.717) is 12.4 Å². The van der Waals surface area contributed by atoms with Crippen molar-refractivity contribution in [3.05, 3.63) is 29.8 Å². The molecule has 1 aliphatic heterocycles. The molecule has 1 amide bonds. The molecule has 0 spiro atoms. The van der Waals surface area contributed by atoms with E-state index in [-0.39, 0.29) is 24.4 Å². The highest BCUT2D eigenvalue weighted by atomic mass is 19.4. The highest BCUT2D eigenvalue weighted by Gasteiger charge is 2.46. The number of halogens is 3. The Morgan fingerprint density at radius 3 is 2.18 bits per heavy atom. The number of unbranched alkanes of at least 4 members (excludes halogenated alkanes) is 7. The molecule has 1 aromatic carbocycles. The number of hydrazine groups is 1. The Balaban J connectivity index is 1.76. The minimum atomic E-state index is -4.48. The van der Waals surface area contributed by atoms with E-state index in [4.69, 9.17) is 4.74 Å². The van der Waals surface area contributed by atoms with Gasteiger partial charge in [0.2, 0.25) is 5.91 Å². The van der Waals surface area contributed by atoms with Gasteiger partial charge in [-0.3, -0.25) is 10.2 Å². The smallest absolute Gasteiger partial charge is 0.409 e. The molecular formula is C21H31F3N2O2. The van der Waals surface area contributed by atoms with Gasteiger partial charge in [0.05, 0.1) is 6.61 Å². The van der Waals surface area contributed by atoms with Crippen LogP contribution in [0.15, 0.2) is 24.3 Å². The first-order valence-corrected chi connectivity index (χ1v) is 10.3. The molecule has 1 fully saturated rings. The fourth-order valence-corrected chi connectivity index (χ4v) is 3.41. The summed E-state index contributed by atoms with van der Waals surface area (Å²) in [5.74, 6) is 0.178. The summed E-state index contributed by atoms with van der Waals surface area (Å²) < 4.78 is 46.1. The summed E-state index contributed by atoms with van der Waals surface area (Å²) in [6.07, 6.45) is 5.25. The summed E-state index contributed by atoms with van der Waals surface area (Å²) in [6.45, 7) is 2.82. The van der Waals surface area contributed by atoms with Crippen molar-refractivity contribution < 1.29 is 22.7 Å². The third kappa shape index (κ3) is 7.34. The van der Waals surface area contributed by atoms with Gasteiger partial charge in [0.25, 0.3) is 0 Å². The summed E-state index contributed by atoms with van der Waals surface area (Å²) in [6, 6.07) is 4.13. The Hall–Kier alpha value is -1.76. The average Bonchev–Trinajstić information content (AvgIpc) is 3.06. The second-order valence-corrected chi connectivity index (χ2v) is 7.31. The van der Waals surface area contributed by atoms with Crippen LogP contribution in [0.1, 0.15) is 76.3 Å². The van der Waals surface area contributed by atoms with Crippen LogP contribution in [0.3, 0.4) is 0 Å². The number of carbonyl (C=O) groups is 1. The zero-order chi connectivity index (χ0) is 20.4. The topological polar surface area (TPSA) is 41.6 Å². The first-order valence-electron chi connectivity index (χ1n) is 10.3. The number of alkyl halides is 3. The van der Waals surface area contributed by atoms with Crippen molar-refractivity contribution >= 4 is 5.91 Å². The van der Waals surface area contributed by atoms with Crippen LogP contribution in [-0.2, 0) is 4.79 Å². The molecule has 0 aromatic heterocycles. The predicted octanol–water partition coefficient (Wildman–Crippen LogP) is 5.55. The van der Waals surface area contributed by atoms with Crippen LogP contribution >= 0.6 is 0 Å². The van der Waals surface area contributed by atoms with E-state index < -0.39 is 12.2 Å². The fourth-order valence-electron chi connectivity index (χ4n) is 3.41. The molecule has 0 radical (unpaired) electrons. The molecular weight excluding hydrogens is 369 g/mol. The molecule has 1 aliphatic rings. The first kappa shape index (κ1) is 22.5. The van der Waals surface area contributed by atoms with Crippen molar-refractivity contribution in [3.63, 3.8) is 0 Å². The Bertz CT molecular complexity index is 590. The van der Waals surface area contributed by atoms with Crippen LogP contribution in [-0.4, -0.2) is 30.2 Å². The molecule has 0 aliphatic carbocycles. The Morgan fingerprint density at radius 1 is 1.04 bits per heavy atom. The first-order chi connectivity index (χ1) is 13.4. The van der Waals surface area contributed by atoms with Crippen LogP contribution in [0.2, 0.25) is 0 Å². The standard InChI is InChI=1S/C21H31F3N2O2/c1-2-3-4-5-6-7-8-9-16-28-18-12-10-17(11-13-18)20(21(22,23)24)26-15-14-19(27)25-26/h10-13,20H,2-9,14-16H2,1H3,(H,25,27). The molecule has 0 saturated carbocycles. The van der Waals surface area contributed by atoms with Gasteiger partial charge in [0.15, 0.2) is 0 Å². The number of nitrogens with zero attached hydrogens (tertiary/aromatic N) is 1. The van der Waals surface area contributed by atoms with Gasteiger partial charge < -0.3 is 4.74 Å². The second kappa shape index (κ2) is 11.3. The van der Waals surface area contributed by atoms with E-state index in [1.165, 1.54) is 50.7 Å². The van der Waals surface area contributed by atoms with Gasteiger partial charge in [-0.15, -0.1) is 0 Å². The quantitative estimate of drug-likeness (QED) is 0.468. The fraction of sp³-hybridized carbons (Fsp3) is 0.667. The Morgan fingerprint density at radius 2 is 1.64 bits per heavy atom. The molecule has 1 aromatic rings. The van der Waals surface area contributed by atoms with Crippen LogP contribution < -0.4 is 10.2 Å². The molecule has 158 valence electrons. The summed E-state index contributed by atoms with van der Waals surface area (Å²) in [7, 11) is 0. The van der Waals surface area contributed by atoms with Gasteiger partial charge in [-0.25, -0.2) is 5.01 Å². The number of nitrogens with one attached hydrogen (secondary N) is 1. The zero-order valence-corrected chi connectivity index (χ0v) is 16.6. The summed E-state index contributed by atoms with van der Waals surface area (Å²) >= 11 is 0. The maximum Gasteiger partial charge on any atom is 0.409 e. The lowest BCUT2D eigenvalue weighted by Crippen LogP contribution is -2.43. The lowest BCUT2D eigenvalue weighted by atomic mass is 10.1. The van der Waals surface area contributed by atoms with Crippen molar-refractivity contribution in [2.24, 2.45) is 0 Å². The van der Waals surface area contributed by atoms with Gasteiger partial charge in [0, 0.05) is 13.0 Å². The van der Waals surface area contributed by atoms with Crippen molar-refractivity contribution in [2.45, 2.75) is 76.9 Å². The van der Waals surface area contributed by atoms with E-state index in [9.17, 15) is 18.0 Å². The monoisotopic (exact) mass is 400 g/mol. The molecule has 1 atom stereocenters. The number of rotatable bonds is 12. The molecule has 0 bridgehead atoms. The van der Waals surface area contributed by atoms with E-state index in [1.54, 1.807) is 12.1 Å². The molecule has 1 saturated heterocycles. The van der Waals surface area contributed by atoms with E-state index in [2.05, 4.69) is 12.3 Å². The van der Waals surface area contributed by atoms with E-state index in [0.717, 1.165) is 17.9 Å². The minimum Gasteiger partial charge on any atom is -0.494 e. The van der Waals surface area contributed by atoms with E-state index in [1.807, 2.05) is 0 Å². The molecule has 1 N–H and O–H groups in total. The lowest BCUT2D eigenvalue weighted by Gasteiger charge is -2.29. The van der Waals surface area contributed by atoms with Crippen molar-refractivity contribution in [1.29, 1.82) is 0 Å². The maximum absolute atomic E-state index is 13.5. The Labute approximate surface area is 165 Å². The van der Waals surface area contributed by atoms with Gasteiger partial charge in [-0.1, -0.05) is 64.0 Å². The van der Waals surface area contributed by atoms with Gasteiger partial charge in [-0.05, 0) is 24.1 Å². The molecule has 2 rings (SSSR count). The van der Waals surface area contributed by atoms with Crippen LogP contribution in [0, 0.1) is 0 Å². The highest BCUT2D eigenvalue weighted by Crippen LogP contribution is 2.38. The third-order valence-electron chi connectivity index (χ3n) is 4.93. The molecule has 1 unspecified atom stereocenters. The summed E-state index contributed by atoms with van der Waals surface area (Å²) in [4.78, 5) is 11.3. The van der Waals surface area contributed by atoms with Crippen molar-refractivity contribution in [1.82, 2.24) is 10.4 Å². The van der Waals surface area contributed by atoms with Crippen molar-refractivity contribution in [3.8, 4) is 5.75 Å². The van der Waals surface area contributed by atoms with Crippen LogP contribution in [0.5, 0.6) is 5.75 Å². The predicted molar refractivity (Wildman–Crippen MR) is 103 cm³/mol. The normalized spacial score (nSPS) is 16.2. The highest BCUT2D eigenvalue weighted by molar-refractivity contribution is 5.77. The molecule has 7 heteroatoms. The number of hydrogen-bond donors (Lipinski definition) is 1. The second-order valence-electron chi connectivity index (χ2n) is 7.31. The van der Waals surface area contributed by atoms with E-state index >= 15 is 0 Å². The van der Waals surface area contributed by atoms with Gasteiger partial charge >= 0.3 is 6.18 Å². The zero-order valence-electron chi connectivity index (χ0n) is 16.6. The number of benzene rings is 1. The Kier molecular flexibility index (Phi) is 9.09. The maximum atomic E-state index is 13.5. The summed E-state index contributed by atoms with van der Waals surface area (Å²) in [5.41, 5.74) is 2.38. The largest absolute Gasteiger partial charge is 0.494 e. The van der Waals surface area contributed by atoms with Crippen molar-refractivity contribution in [2.75, 3.05) is 13.2 Å². The molecule has 4 nitrogen and oxygen atoms in total. The van der Waals surface area contributed by atoms with Gasteiger partial charge in [-0.2, -0.15) is 13.2 Å². The third-order valence-corrected chi connectivity index (χ3v) is 4.93. The average molecular weight is 400 g/mol. The number of amides is 1. The SMILES string of the molecule is CCCCCCCCCCOc1ccc(C(N2CCC(=O)N2)C(F)(F)F)cc1. The summed E-state index contributed by atoms with van der Waals surface area (Å²) in [5, 5.41) is 0.957.